The van der Waals surface area contributed by atoms with Crippen molar-refractivity contribution in [2.24, 2.45) is 0 Å². The molecule has 0 bridgehead atoms. The fourth-order valence-corrected chi connectivity index (χ4v) is 3.85. The molecule has 1 heterocycles. The highest BCUT2D eigenvalue weighted by Crippen LogP contribution is 2.43. The van der Waals surface area contributed by atoms with Crippen LogP contribution in [0.4, 0.5) is 13.2 Å². The lowest BCUT2D eigenvalue weighted by atomic mass is 9.75. The van der Waals surface area contributed by atoms with E-state index in [0.29, 0.717) is 5.39 Å². The Morgan fingerprint density at radius 1 is 0.690 bits per heavy atom. The molecule has 0 fully saturated rings. The molecule has 0 aliphatic carbocycles. The van der Waals surface area contributed by atoms with Gasteiger partial charge in [-0.15, -0.1) is 0 Å². The number of pyridine rings is 1. The van der Waals surface area contributed by atoms with E-state index in [1.165, 1.54) is 6.07 Å². The van der Waals surface area contributed by atoms with Crippen LogP contribution in [0.3, 0.4) is 0 Å². The van der Waals surface area contributed by atoms with Gasteiger partial charge in [-0.1, -0.05) is 86.6 Å². The van der Waals surface area contributed by atoms with Crippen LogP contribution in [0.25, 0.3) is 22.0 Å². The number of nitrogens with zero attached hydrogens (tertiary/aromatic N) is 1. The first-order chi connectivity index (χ1) is 13.8. The smallest absolute Gasteiger partial charge is 0.255 e. The van der Waals surface area contributed by atoms with Gasteiger partial charge in [-0.25, -0.2) is 0 Å². The Morgan fingerprint density at radius 2 is 1.31 bits per heavy atom. The van der Waals surface area contributed by atoms with E-state index in [-0.39, 0.29) is 5.52 Å². The molecule has 4 heteroatoms. The molecule has 29 heavy (non-hydrogen) atoms. The van der Waals surface area contributed by atoms with E-state index >= 15 is 0 Å². The summed E-state index contributed by atoms with van der Waals surface area (Å²) in [6.45, 7) is 4.15. The highest BCUT2D eigenvalue weighted by molar-refractivity contribution is 5.98. The molecule has 0 atom stereocenters. The molecule has 4 aromatic rings. The lowest BCUT2D eigenvalue weighted by Gasteiger charge is -2.29. The van der Waals surface area contributed by atoms with Crippen molar-refractivity contribution >= 4 is 10.9 Å². The van der Waals surface area contributed by atoms with Crippen molar-refractivity contribution in [2.75, 3.05) is 0 Å². The summed E-state index contributed by atoms with van der Waals surface area (Å²) < 4.78 is 40.8. The molecule has 1 aromatic heterocycles. The summed E-state index contributed by atoms with van der Waals surface area (Å²) in [5, 5.41) is 0.507. The van der Waals surface area contributed by atoms with Crippen molar-refractivity contribution in [3.05, 3.63) is 102 Å². The normalized spacial score (nSPS) is 12.3. The lowest BCUT2D eigenvalue weighted by molar-refractivity contribution is -0.136. The van der Waals surface area contributed by atoms with Gasteiger partial charge in [0.1, 0.15) is 0 Å². The number of hydrogen-bond donors (Lipinski definition) is 0. The number of aromatic nitrogens is 1. The van der Waals surface area contributed by atoms with Crippen LogP contribution in [-0.4, -0.2) is 4.98 Å². The Bertz CT molecular complexity index is 1150. The molecule has 0 unspecified atom stereocenters. The maximum Gasteiger partial charge on any atom is 0.418 e. The zero-order valence-electron chi connectivity index (χ0n) is 16.2. The molecule has 0 saturated heterocycles. The molecular formula is C25H20F3N. The number of halogens is 3. The number of para-hydroxylation sites is 1. The predicted molar refractivity (Wildman–Crippen MR) is 111 cm³/mol. The molecule has 0 N–H and O–H groups in total. The Morgan fingerprint density at radius 3 is 1.93 bits per heavy atom. The van der Waals surface area contributed by atoms with Gasteiger partial charge in [0.2, 0.25) is 0 Å². The van der Waals surface area contributed by atoms with Gasteiger partial charge in [-0.3, -0.25) is 4.98 Å². The minimum atomic E-state index is -4.46. The van der Waals surface area contributed by atoms with E-state index < -0.39 is 17.2 Å². The quantitative estimate of drug-likeness (QED) is 0.358. The highest BCUT2D eigenvalue weighted by atomic mass is 19.4. The van der Waals surface area contributed by atoms with Crippen LogP contribution < -0.4 is 0 Å². The van der Waals surface area contributed by atoms with E-state index in [1.54, 1.807) is 12.3 Å². The molecule has 1 nitrogen and oxygen atoms in total. The number of fused-ring (bicyclic) bond motifs is 1. The van der Waals surface area contributed by atoms with Crippen molar-refractivity contribution in [1.29, 1.82) is 0 Å². The van der Waals surface area contributed by atoms with Crippen LogP contribution >= 0.6 is 0 Å². The van der Waals surface area contributed by atoms with Gasteiger partial charge in [0.25, 0.3) is 0 Å². The Kier molecular flexibility index (Phi) is 4.65. The van der Waals surface area contributed by atoms with Crippen molar-refractivity contribution in [1.82, 2.24) is 4.98 Å². The standard InChI is InChI=1S/C25H20F3N/c1-24(2,18-12-7-4-8-13-18)21-16-29-23-19(14-9-15-20(23)25(26,27)28)22(21)17-10-5-3-6-11-17/h3-16H,1-2H3. The fraction of sp³-hybridized carbons (Fsp3) is 0.160. The summed E-state index contributed by atoms with van der Waals surface area (Å²) >= 11 is 0. The minimum Gasteiger partial charge on any atom is -0.255 e. The largest absolute Gasteiger partial charge is 0.418 e. The Balaban J connectivity index is 2.09. The first kappa shape index (κ1) is 19.2. The average molecular weight is 391 g/mol. The second-order valence-corrected chi connectivity index (χ2v) is 7.60. The van der Waals surface area contributed by atoms with Crippen molar-refractivity contribution in [3.63, 3.8) is 0 Å². The molecule has 0 saturated carbocycles. The average Bonchev–Trinajstić information content (AvgIpc) is 2.73. The molecule has 0 aliphatic rings. The molecule has 0 radical (unpaired) electrons. The molecule has 0 aliphatic heterocycles. The molecule has 0 amide bonds. The van der Waals surface area contributed by atoms with Crippen LogP contribution in [0.5, 0.6) is 0 Å². The van der Waals surface area contributed by atoms with Crippen molar-refractivity contribution < 1.29 is 13.2 Å². The number of rotatable bonds is 3. The lowest BCUT2D eigenvalue weighted by Crippen LogP contribution is -2.21. The van der Waals surface area contributed by atoms with E-state index in [9.17, 15) is 13.2 Å². The van der Waals surface area contributed by atoms with Gasteiger partial charge >= 0.3 is 6.18 Å². The highest BCUT2D eigenvalue weighted by Gasteiger charge is 2.35. The predicted octanol–water partition coefficient (Wildman–Crippen LogP) is 7.25. The third-order valence-electron chi connectivity index (χ3n) is 5.43. The van der Waals surface area contributed by atoms with Gasteiger partial charge in [0.05, 0.1) is 11.1 Å². The van der Waals surface area contributed by atoms with Gasteiger partial charge < -0.3 is 0 Å². The molecule has 0 spiro atoms. The minimum absolute atomic E-state index is 0.0218. The molecule has 4 rings (SSSR count). The topological polar surface area (TPSA) is 12.9 Å². The van der Waals surface area contributed by atoms with Gasteiger partial charge in [0, 0.05) is 17.0 Å². The number of benzene rings is 3. The zero-order chi connectivity index (χ0) is 20.6. The number of alkyl halides is 3. The van der Waals surface area contributed by atoms with Crippen LogP contribution in [0.2, 0.25) is 0 Å². The Hall–Kier alpha value is -3.14. The maximum atomic E-state index is 13.6. The maximum absolute atomic E-state index is 13.6. The third kappa shape index (κ3) is 3.39. The SMILES string of the molecule is CC(C)(c1ccccc1)c1cnc2c(C(F)(F)F)cccc2c1-c1ccccc1. The second kappa shape index (κ2) is 7.03. The Labute approximate surface area is 167 Å². The summed E-state index contributed by atoms with van der Waals surface area (Å²) in [5.41, 5.74) is 2.45. The second-order valence-electron chi connectivity index (χ2n) is 7.60. The summed E-state index contributed by atoms with van der Waals surface area (Å²) in [6, 6.07) is 23.8. The molecule has 3 aromatic carbocycles. The monoisotopic (exact) mass is 391 g/mol. The van der Waals surface area contributed by atoms with Crippen molar-refractivity contribution in [2.45, 2.75) is 25.4 Å². The third-order valence-corrected chi connectivity index (χ3v) is 5.43. The van der Waals surface area contributed by atoms with Crippen LogP contribution in [0.15, 0.2) is 85.1 Å². The summed E-state index contributed by atoms with van der Waals surface area (Å²) in [5.74, 6) is 0. The molecular weight excluding hydrogens is 371 g/mol. The fourth-order valence-electron chi connectivity index (χ4n) is 3.85. The van der Waals surface area contributed by atoms with E-state index in [1.807, 2.05) is 60.7 Å². The van der Waals surface area contributed by atoms with Crippen molar-refractivity contribution in [3.8, 4) is 11.1 Å². The molecule has 146 valence electrons. The van der Waals surface area contributed by atoms with E-state index in [2.05, 4.69) is 18.8 Å². The van der Waals surface area contributed by atoms with E-state index in [4.69, 9.17) is 0 Å². The van der Waals surface area contributed by atoms with Gasteiger partial charge in [-0.2, -0.15) is 13.2 Å². The van der Waals surface area contributed by atoms with Gasteiger partial charge in [-0.05, 0) is 28.3 Å². The van der Waals surface area contributed by atoms with Crippen LogP contribution in [0, 0.1) is 0 Å². The number of hydrogen-bond acceptors (Lipinski definition) is 1. The van der Waals surface area contributed by atoms with E-state index in [0.717, 1.165) is 28.3 Å². The summed E-state index contributed by atoms with van der Waals surface area (Å²) in [4.78, 5) is 4.31. The zero-order valence-corrected chi connectivity index (χ0v) is 16.2. The summed E-state index contributed by atoms with van der Waals surface area (Å²) in [6.07, 6.45) is -2.86. The van der Waals surface area contributed by atoms with Crippen LogP contribution in [-0.2, 0) is 11.6 Å². The first-order valence-corrected chi connectivity index (χ1v) is 9.40. The van der Waals surface area contributed by atoms with Crippen LogP contribution in [0.1, 0.15) is 30.5 Å². The first-order valence-electron chi connectivity index (χ1n) is 9.40. The van der Waals surface area contributed by atoms with Gasteiger partial charge in [0.15, 0.2) is 0 Å². The summed E-state index contributed by atoms with van der Waals surface area (Å²) in [7, 11) is 0.